The van der Waals surface area contributed by atoms with Crippen LogP contribution in [0.2, 0.25) is 0 Å². The Kier molecular flexibility index (Phi) is 2.91. The molecule has 0 atom stereocenters. The number of nitrogen functional groups attached to an aromatic ring is 1. The Hall–Kier alpha value is -2.89. The lowest BCUT2D eigenvalue weighted by atomic mass is 9.86. The van der Waals surface area contributed by atoms with Crippen molar-refractivity contribution in [1.82, 2.24) is 0 Å². The topological polar surface area (TPSA) is 89.5 Å². The number of carbonyl (C=O) groups is 1. The van der Waals surface area contributed by atoms with Crippen LogP contribution in [0.5, 0.6) is 0 Å². The van der Waals surface area contributed by atoms with E-state index in [1.807, 2.05) is 0 Å². The molecule has 1 amide bonds. The van der Waals surface area contributed by atoms with Gasteiger partial charge >= 0.3 is 0 Å². The summed E-state index contributed by atoms with van der Waals surface area (Å²) in [5.41, 5.74) is 7.47. The number of nitrogens with two attached hydrogens (primary N) is 1. The molecule has 0 aliphatic carbocycles. The molecule has 2 aromatic carbocycles. The van der Waals surface area contributed by atoms with Gasteiger partial charge in [0.2, 0.25) is 5.91 Å². The zero-order chi connectivity index (χ0) is 16.1. The van der Waals surface area contributed by atoms with Crippen LogP contribution in [0.4, 0.5) is 22.7 Å². The number of nitro groups is 1. The second-order valence-electron chi connectivity index (χ2n) is 5.82. The van der Waals surface area contributed by atoms with Gasteiger partial charge in [-0.25, -0.2) is 0 Å². The van der Waals surface area contributed by atoms with Crippen molar-refractivity contribution in [3.8, 4) is 0 Å². The van der Waals surface area contributed by atoms with Crippen LogP contribution >= 0.6 is 0 Å². The molecule has 0 radical (unpaired) electrons. The summed E-state index contributed by atoms with van der Waals surface area (Å²) in [5, 5.41) is 11.0. The predicted molar refractivity (Wildman–Crippen MR) is 84.1 cm³/mol. The van der Waals surface area contributed by atoms with Crippen LogP contribution in [0.3, 0.4) is 0 Å². The van der Waals surface area contributed by atoms with Crippen LogP contribution < -0.4 is 10.6 Å². The number of hydrogen-bond acceptors (Lipinski definition) is 4. The zero-order valence-electron chi connectivity index (χ0n) is 12.2. The van der Waals surface area contributed by atoms with Gasteiger partial charge in [0.1, 0.15) is 0 Å². The Morgan fingerprint density at radius 3 is 2.55 bits per heavy atom. The summed E-state index contributed by atoms with van der Waals surface area (Å²) in [4.78, 5) is 24.9. The zero-order valence-corrected chi connectivity index (χ0v) is 12.2. The highest BCUT2D eigenvalue weighted by molar-refractivity contribution is 6.12. The normalized spacial score (nSPS) is 15.7. The fraction of sp³-hybridized carbons (Fsp3) is 0.188. The summed E-state index contributed by atoms with van der Waals surface area (Å²) in [6, 6.07) is 11.5. The summed E-state index contributed by atoms with van der Waals surface area (Å²) < 4.78 is 0. The second kappa shape index (κ2) is 4.56. The first-order valence-corrected chi connectivity index (χ1v) is 6.81. The minimum absolute atomic E-state index is 0.0194. The van der Waals surface area contributed by atoms with Crippen molar-refractivity contribution in [3.05, 3.63) is 58.1 Å². The molecular weight excluding hydrogens is 282 g/mol. The fourth-order valence-electron chi connectivity index (χ4n) is 2.76. The fourth-order valence-corrected chi connectivity index (χ4v) is 2.76. The Morgan fingerprint density at radius 1 is 1.18 bits per heavy atom. The van der Waals surface area contributed by atoms with E-state index >= 15 is 0 Å². The lowest BCUT2D eigenvalue weighted by Crippen LogP contribution is -2.33. The van der Waals surface area contributed by atoms with Crippen molar-refractivity contribution >= 4 is 28.7 Å². The van der Waals surface area contributed by atoms with Crippen molar-refractivity contribution in [2.45, 2.75) is 19.3 Å². The number of non-ortho nitro benzene ring substituents is 1. The number of carbonyl (C=O) groups excluding carboxylic acids is 1. The van der Waals surface area contributed by atoms with Crippen molar-refractivity contribution in [2.24, 2.45) is 0 Å². The minimum Gasteiger partial charge on any atom is -0.399 e. The standard InChI is InChI=1S/C16H15N3O3/c1-16(2)13-9-12(19(21)22)6-7-14(13)18(15(16)20)11-5-3-4-10(17)8-11/h3-9H,17H2,1-2H3. The number of rotatable bonds is 2. The molecule has 6 heteroatoms. The van der Waals surface area contributed by atoms with Gasteiger partial charge in [0.05, 0.1) is 21.7 Å². The Bertz CT molecular complexity index is 799. The van der Waals surface area contributed by atoms with Crippen molar-refractivity contribution < 1.29 is 9.72 Å². The molecule has 0 bridgehead atoms. The average molecular weight is 297 g/mol. The number of nitrogens with zero attached hydrogens (tertiary/aromatic N) is 2. The lowest BCUT2D eigenvalue weighted by Gasteiger charge is -2.20. The van der Waals surface area contributed by atoms with Gasteiger partial charge < -0.3 is 5.73 Å². The van der Waals surface area contributed by atoms with Crippen molar-refractivity contribution in [3.63, 3.8) is 0 Å². The van der Waals surface area contributed by atoms with Gasteiger partial charge in [0.15, 0.2) is 0 Å². The highest BCUT2D eigenvalue weighted by atomic mass is 16.6. The third kappa shape index (κ3) is 1.92. The maximum atomic E-state index is 12.8. The van der Waals surface area contributed by atoms with E-state index in [-0.39, 0.29) is 11.6 Å². The SMILES string of the molecule is CC1(C)C(=O)N(c2cccc(N)c2)c2ccc([N+](=O)[O-])cc21. The average Bonchev–Trinajstić information content (AvgIpc) is 2.66. The molecule has 112 valence electrons. The van der Waals surface area contributed by atoms with E-state index in [2.05, 4.69) is 0 Å². The number of anilines is 3. The Balaban J connectivity index is 2.21. The van der Waals surface area contributed by atoms with E-state index in [9.17, 15) is 14.9 Å². The van der Waals surface area contributed by atoms with Crippen molar-refractivity contribution in [1.29, 1.82) is 0 Å². The van der Waals surface area contributed by atoms with Gasteiger partial charge in [-0.1, -0.05) is 6.07 Å². The predicted octanol–water partition coefficient (Wildman–Crippen LogP) is 3.13. The van der Waals surface area contributed by atoms with Crippen LogP contribution in [0.1, 0.15) is 19.4 Å². The van der Waals surface area contributed by atoms with Gasteiger partial charge in [0, 0.05) is 17.8 Å². The van der Waals surface area contributed by atoms with E-state index in [4.69, 9.17) is 5.73 Å². The first kappa shape index (κ1) is 14.1. The van der Waals surface area contributed by atoms with Crippen LogP contribution in [0.15, 0.2) is 42.5 Å². The smallest absolute Gasteiger partial charge is 0.269 e. The minimum atomic E-state index is -0.827. The molecule has 0 saturated carbocycles. The van der Waals surface area contributed by atoms with Crippen LogP contribution in [-0.4, -0.2) is 10.8 Å². The van der Waals surface area contributed by atoms with E-state index < -0.39 is 10.3 Å². The molecule has 1 aliphatic rings. The summed E-state index contributed by atoms with van der Waals surface area (Å²) >= 11 is 0. The van der Waals surface area contributed by atoms with E-state index in [0.717, 1.165) is 0 Å². The number of benzene rings is 2. The number of amides is 1. The molecular formula is C16H15N3O3. The van der Waals surface area contributed by atoms with Gasteiger partial charge in [-0.05, 0) is 43.7 Å². The van der Waals surface area contributed by atoms with Crippen molar-refractivity contribution in [2.75, 3.05) is 10.6 Å². The molecule has 0 saturated heterocycles. The van der Waals surface area contributed by atoms with Gasteiger partial charge in [-0.2, -0.15) is 0 Å². The van der Waals surface area contributed by atoms with E-state index in [0.29, 0.717) is 22.6 Å². The van der Waals surface area contributed by atoms with Gasteiger partial charge in [-0.15, -0.1) is 0 Å². The monoisotopic (exact) mass is 297 g/mol. The summed E-state index contributed by atoms with van der Waals surface area (Å²) in [7, 11) is 0. The highest BCUT2D eigenvalue weighted by Gasteiger charge is 2.45. The molecule has 3 rings (SSSR count). The Labute approximate surface area is 127 Å². The second-order valence-corrected chi connectivity index (χ2v) is 5.82. The summed E-state index contributed by atoms with van der Waals surface area (Å²) in [6.07, 6.45) is 0. The maximum absolute atomic E-state index is 12.8. The quantitative estimate of drug-likeness (QED) is 0.524. The molecule has 0 aromatic heterocycles. The first-order chi connectivity index (χ1) is 10.3. The lowest BCUT2D eigenvalue weighted by molar-refractivity contribution is -0.384. The van der Waals surface area contributed by atoms with E-state index in [1.165, 1.54) is 12.1 Å². The third-order valence-corrected chi connectivity index (χ3v) is 3.97. The Morgan fingerprint density at radius 2 is 1.91 bits per heavy atom. The third-order valence-electron chi connectivity index (χ3n) is 3.97. The summed E-state index contributed by atoms with van der Waals surface area (Å²) in [6.45, 7) is 3.54. The molecule has 0 spiro atoms. The van der Waals surface area contributed by atoms with Gasteiger partial charge in [-0.3, -0.25) is 19.8 Å². The summed E-state index contributed by atoms with van der Waals surface area (Å²) in [5.74, 6) is -0.131. The molecule has 0 fully saturated rings. The number of hydrogen-bond donors (Lipinski definition) is 1. The molecule has 1 aliphatic heterocycles. The number of nitro benzene ring substituents is 1. The van der Waals surface area contributed by atoms with Gasteiger partial charge in [0.25, 0.3) is 5.69 Å². The van der Waals surface area contributed by atoms with Crippen LogP contribution in [-0.2, 0) is 10.2 Å². The van der Waals surface area contributed by atoms with Crippen LogP contribution in [0, 0.1) is 10.1 Å². The molecule has 6 nitrogen and oxygen atoms in total. The van der Waals surface area contributed by atoms with Crippen LogP contribution in [0.25, 0.3) is 0 Å². The molecule has 1 heterocycles. The molecule has 22 heavy (non-hydrogen) atoms. The van der Waals surface area contributed by atoms with E-state index in [1.54, 1.807) is 49.1 Å². The molecule has 0 unspecified atom stereocenters. The highest BCUT2D eigenvalue weighted by Crippen LogP contribution is 2.46. The largest absolute Gasteiger partial charge is 0.399 e. The molecule has 2 N–H and O–H groups in total. The number of fused-ring (bicyclic) bond motifs is 1. The molecule has 2 aromatic rings. The maximum Gasteiger partial charge on any atom is 0.269 e. The first-order valence-electron chi connectivity index (χ1n) is 6.81.